The van der Waals surface area contributed by atoms with Gasteiger partial charge in [-0.15, -0.1) is 0 Å². The highest BCUT2D eigenvalue weighted by atomic mass is 35.6. The molecule has 1 fully saturated rings. The maximum atomic E-state index is 11.2. The second-order valence-corrected chi connectivity index (χ2v) is 14.6. The summed E-state index contributed by atoms with van der Waals surface area (Å²) in [7, 11) is -1.51. The lowest BCUT2D eigenvalue weighted by atomic mass is 9.88. The first-order valence-corrected chi connectivity index (χ1v) is 12.3. The molecule has 5 heteroatoms. The first-order valence-electron chi connectivity index (χ1n) is 9.10. The molecule has 23 heavy (non-hydrogen) atoms. The summed E-state index contributed by atoms with van der Waals surface area (Å²) in [5.41, 5.74) is 2.05. The van der Waals surface area contributed by atoms with E-state index in [1.54, 1.807) is 0 Å². The summed E-state index contributed by atoms with van der Waals surface area (Å²) >= 11 is 6.68. The number of rotatable bonds is 5. The van der Waals surface area contributed by atoms with Gasteiger partial charge in [-0.3, -0.25) is 4.79 Å². The van der Waals surface area contributed by atoms with Crippen LogP contribution in [-0.4, -0.2) is 31.2 Å². The van der Waals surface area contributed by atoms with Crippen molar-refractivity contribution >= 4 is 24.4 Å². The van der Waals surface area contributed by atoms with E-state index >= 15 is 0 Å². The Kier molecular flexibility index (Phi) is 10.7. The highest BCUT2D eigenvalue weighted by molar-refractivity contribution is 7.22. The summed E-state index contributed by atoms with van der Waals surface area (Å²) in [6.07, 6.45) is 2.84. The largest absolute Gasteiger partial charge is 0.466 e. The monoisotopic (exact) mass is 364 g/mol. The average Bonchev–Trinajstić information content (AvgIpc) is 2.47. The number of halogens is 1. The maximum absolute atomic E-state index is 11.2. The Morgan fingerprint density at radius 3 is 1.70 bits per heavy atom. The number of carbonyl (C=O) groups excluding carboxylic acids is 1. The molecule has 0 bridgehead atoms. The van der Waals surface area contributed by atoms with Crippen LogP contribution in [0, 0.1) is 5.92 Å². The van der Waals surface area contributed by atoms with Crippen LogP contribution in [0.1, 0.15) is 74.1 Å². The number of aliphatic hydroxyl groups is 1. The normalized spacial score (nSPS) is 22.1. The van der Waals surface area contributed by atoms with Crippen molar-refractivity contribution in [2.75, 3.05) is 6.61 Å². The molecule has 0 saturated heterocycles. The van der Waals surface area contributed by atoms with Gasteiger partial charge in [0.2, 0.25) is 0 Å². The van der Waals surface area contributed by atoms with Crippen LogP contribution in [0.15, 0.2) is 0 Å². The number of esters is 1. The van der Waals surface area contributed by atoms with Crippen LogP contribution >= 0.6 is 11.1 Å². The van der Waals surface area contributed by atoms with Gasteiger partial charge >= 0.3 is 5.97 Å². The third kappa shape index (κ3) is 7.14. The van der Waals surface area contributed by atoms with Crippen LogP contribution in [0.2, 0.25) is 16.6 Å². The van der Waals surface area contributed by atoms with Crippen molar-refractivity contribution in [3.63, 3.8) is 0 Å². The summed E-state index contributed by atoms with van der Waals surface area (Å²) in [5, 5.41) is 9.19. The van der Waals surface area contributed by atoms with Gasteiger partial charge in [-0.1, -0.05) is 41.5 Å². The average molecular weight is 365 g/mol. The van der Waals surface area contributed by atoms with Crippen LogP contribution in [0.5, 0.6) is 0 Å². The van der Waals surface area contributed by atoms with Gasteiger partial charge in [0.25, 0.3) is 0 Å². The SMILES string of the molecule is CC(C)[Si](Cl)(C(C)C)C(C)C.CCOC(=O)C1CCC(O)CC1. The molecule has 1 N–H and O–H groups in total. The molecule has 0 aromatic rings. The lowest BCUT2D eigenvalue weighted by molar-refractivity contribution is -0.149. The summed E-state index contributed by atoms with van der Waals surface area (Å²) in [5.74, 6) is -0.0576. The third-order valence-electron chi connectivity index (χ3n) is 4.97. The van der Waals surface area contributed by atoms with Gasteiger partial charge < -0.3 is 9.84 Å². The Hall–Kier alpha value is -0.0631. The molecule has 0 atom stereocenters. The topological polar surface area (TPSA) is 46.5 Å². The van der Waals surface area contributed by atoms with E-state index in [1.165, 1.54) is 0 Å². The van der Waals surface area contributed by atoms with E-state index in [0.717, 1.165) is 25.7 Å². The lowest BCUT2D eigenvalue weighted by Gasteiger charge is -2.36. The Morgan fingerprint density at radius 1 is 1.04 bits per heavy atom. The van der Waals surface area contributed by atoms with Crippen molar-refractivity contribution in [3.05, 3.63) is 0 Å². The first-order chi connectivity index (χ1) is 10.6. The molecule has 0 amide bonds. The van der Waals surface area contributed by atoms with Gasteiger partial charge in [0, 0.05) is 0 Å². The number of hydrogen-bond donors (Lipinski definition) is 1. The fraction of sp³-hybridized carbons (Fsp3) is 0.944. The standard InChI is InChI=1S/C9H21ClSi.C9H16O3/c1-7(2)11(10,8(3)4)9(5)6;1-2-12-9(11)7-3-5-8(10)6-4-7/h7-9H,1-6H3;7-8,10H,2-6H2,1H3. The van der Waals surface area contributed by atoms with Crippen molar-refractivity contribution in [1.29, 1.82) is 0 Å². The molecule has 0 aromatic carbocycles. The molecule has 3 nitrogen and oxygen atoms in total. The molecule has 1 aliphatic rings. The molecule has 0 heterocycles. The second kappa shape index (κ2) is 10.7. The van der Waals surface area contributed by atoms with E-state index in [1.807, 2.05) is 6.92 Å². The summed E-state index contributed by atoms with van der Waals surface area (Å²) < 4.78 is 4.90. The van der Waals surface area contributed by atoms with E-state index in [4.69, 9.17) is 15.8 Å². The molecule has 0 unspecified atom stereocenters. The van der Waals surface area contributed by atoms with E-state index in [9.17, 15) is 9.90 Å². The number of aliphatic hydroxyl groups excluding tert-OH is 1. The molecule has 0 aliphatic heterocycles. The molecule has 1 saturated carbocycles. The predicted octanol–water partition coefficient (Wildman–Crippen LogP) is 5.50. The quantitative estimate of drug-likeness (QED) is 0.398. The van der Waals surface area contributed by atoms with Crippen LogP contribution in [-0.2, 0) is 9.53 Å². The molecular formula is C18H37ClO3Si. The minimum Gasteiger partial charge on any atom is -0.466 e. The smallest absolute Gasteiger partial charge is 0.308 e. The molecular weight excluding hydrogens is 328 g/mol. The van der Waals surface area contributed by atoms with Gasteiger partial charge in [-0.2, -0.15) is 11.1 Å². The Bertz CT molecular complexity index is 315. The molecule has 138 valence electrons. The highest BCUT2D eigenvalue weighted by Crippen LogP contribution is 2.44. The van der Waals surface area contributed by atoms with Gasteiger partial charge in [0.15, 0.2) is 7.38 Å². The first kappa shape index (κ1) is 22.9. The molecule has 1 aliphatic carbocycles. The van der Waals surface area contributed by atoms with Crippen LogP contribution in [0.25, 0.3) is 0 Å². The lowest BCUT2D eigenvalue weighted by Crippen LogP contribution is -2.37. The third-order valence-corrected chi connectivity index (χ3v) is 14.2. The summed E-state index contributed by atoms with van der Waals surface area (Å²) in [6.45, 7) is 15.8. The number of carbonyl (C=O) groups is 1. The maximum Gasteiger partial charge on any atom is 0.308 e. The minimum absolute atomic E-state index is 0.0355. The zero-order chi connectivity index (χ0) is 18.2. The minimum atomic E-state index is -1.51. The highest BCUT2D eigenvalue weighted by Gasteiger charge is 2.41. The van der Waals surface area contributed by atoms with Crippen molar-refractivity contribution in [2.24, 2.45) is 5.92 Å². The number of hydrogen-bond acceptors (Lipinski definition) is 3. The molecule has 0 aromatic heterocycles. The van der Waals surface area contributed by atoms with Crippen molar-refractivity contribution < 1.29 is 14.6 Å². The molecule has 0 spiro atoms. The van der Waals surface area contributed by atoms with Crippen molar-refractivity contribution in [3.8, 4) is 0 Å². The van der Waals surface area contributed by atoms with Gasteiger partial charge in [0.05, 0.1) is 18.6 Å². The Labute approximate surface area is 148 Å². The van der Waals surface area contributed by atoms with E-state index in [2.05, 4.69) is 41.5 Å². The summed E-state index contributed by atoms with van der Waals surface area (Å²) in [4.78, 5) is 11.2. The van der Waals surface area contributed by atoms with Crippen LogP contribution < -0.4 is 0 Å². The van der Waals surface area contributed by atoms with Crippen molar-refractivity contribution in [2.45, 2.75) is 96.9 Å². The molecule has 0 radical (unpaired) electrons. The number of ether oxygens (including phenoxy) is 1. The zero-order valence-corrected chi connectivity index (χ0v) is 17.8. The summed E-state index contributed by atoms with van der Waals surface area (Å²) in [6, 6.07) is 0. The van der Waals surface area contributed by atoms with Crippen molar-refractivity contribution in [1.82, 2.24) is 0 Å². The predicted molar refractivity (Wildman–Crippen MR) is 101 cm³/mol. The zero-order valence-electron chi connectivity index (χ0n) is 16.1. The fourth-order valence-corrected chi connectivity index (χ4v) is 7.57. The van der Waals surface area contributed by atoms with E-state index < -0.39 is 7.38 Å². The molecule has 1 rings (SSSR count). The Balaban J connectivity index is 0.000000423. The second-order valence-electron chi connectivity index (χ2n) is 7.55. The van der Waals surface area contributed by atoms with E-state index in [0.29, 0.717) is 23.2 Å². The fourth-order valence-electron chi connectivity index (χ4n) is 3.57. The van der Waals surface area contributed by atoms with Crippen LogP contribution in [0.3, 0.4) is 0 Å². The van der Waals surface area contributed by atoms with Crippen LogP contribution in [0.4, 0.5) is 0 Å². The van der Waals surface area contributed by atoms with E-state index in [-0.39, 0.29) is 18.0 Å². The van der Waals surface area contributed by atoms with Gasteiger partial charge in [-0.25, -0.2) is 0 Å². The Morgan fingerprint density at radius 2 is 1.43 bits per heavy atom. The van der Waals surface area contributed by atoms with Gasteiger partial charge in [0.1, 0.15) is 0 Å². The van der Waals surface area contributed by atoms with Gasteiger partial charge in [-0.05, 0) is 49.2 Å².